The van der Waals surface area contributed by atoms with Gasteiger partial charge in [0.2, 0.25) is 5.56 Å². The van der Waals surface area contributed by atoms with Crippen LogP contribution in [0.3, 0.4) is 0 Å². The van der Waals surface area contributed by atoms with Gasteiger partial charge in [0.25, 0.3) is 0 Å². The van der Waals surface area contributed by atoms with Gasteiger partial charge in [-0.25, -0.2) is 9.36 Å². The third kappa shape index (κ3) is 3.70. The van der Waals surface area contributed by atoms with Gasteiger partial charge in [-0.05, 0) is 6.07 Å². The number of aromatic nitrogens is 3. The first-order valence-corrected chi connectivity index (χ1v) is 8.52. The van der Waals surface area contributed by atoms with Crippen LogP contribution in [-0.4, -0.2) is 59.5 Å². The van der Waals surface area contributed by atoms with Crippen molar-refractivity contribution in [2.45, 2.75) is 24.5 Å². The summed E-state index contributed by atoms with van der Waals surface area (Å²) in [6, 6.07) is 2.62. The third-order valence-corrected chi connectivity index (χ3v) is 4.14. The number of hydrogen-bond acceptors (Lipinski definition) is 8. The summed E-state index contributed by atoms with van der Waals surface area (Å²) in [6.07, 6.45) is -4.46. The molecule has 1 fully saturated rings. The molecule has 1 aliphatic heterocycles. The summed E-state index contributed by atoms with van der Waals surface area (Å²) in [5.74, 6) is 0. The largest absolute Gasteiger partial charge is 0.469 e. The van der Waals surface area contributed by atoms with Gasteiger partial charge in [-0.15, -0.1) is 0 Å². The number of phosphoric acid groups is 1. The number of fused-ring (bicyclic) bond motifs is 1. The van der Waals surface area contributed by atoms with Crippen LogP contribution in [0.15, 0.2) is 27.9 Å². The number of phosphoric ester groups is 1. The van der Waals surface area contributed by atoms with Crippen LogP contribution in [0.1, 0.15) is 6.23 Å². The number of nitrogens with one attached hydrogen (secondary N) is 1. The summed E-state index contributed by atoms with van der Waals surface area (Å²) < 4.78 is 21.2. The first-order chi connectivity index (χ1) is 11.7. The number of aliphatic hydroxyl groups excluding tert-OH is 2. The lowest BCUT2D eigenvalue weighted by molar-refractivity contribution is -0.0540. The van der Waals surface area contributed by atoms with E-state index in [1.54, 1.807) is 0 Å². The fourth-order valence-electron chi connectivity index (χ4n) is 2.48. The Balaban J connectivity index is 1.91. The lowest BCUT2D eigenvalue weighted by Gasteiger charge is -2.17. The van der Waals surface area contributed by atoms with Crippen molar-refractivity contribution in [3.8, 4) is 0 Å². The predicted octanol–water partition coefficient (Wildman–Crippen LogP) is -2.19. The van der Waals surface area contributed by atoms with Crippen molar-refractivity contribution < 1.29 is 33.8 Å². The van der Waals surface area contributed by atoms with Crippen molar-refractivity contribution >= 4 is 18.9 Å². The summed E-state index contributed by atoms with van der Waals surface area (Å²) in [7, 11) is -4.79. The maximum Gasteiger partial charge on any atom is 0.469 e. The zero-order valence-electron chi connectivity index (χ0n) is 12.4. The smallest absolute Gasteiger partial charge is 0.387 e. The lowest BCUT2D eigenvalue weighted by atomic mass is 10.1. The fraction of sp³-hybridized carbons (Fsp3) is 0.417. The molecule has 0 aromatic carbocycles. The molecule has 0 bridgehead atoms. The van der Waals surface area contributed by atoms with Crippen LogP contribution in [0.4, 0.5) is 0 Å². The van der Waals surface area contributed by atoms with E-state index in [9.17, 15) is 24.4 Å². The molecule has 13 heteroatoms. The van der Waals surface area contributed by atoms with Crippen LogP contribution in [0.2, 0.25) is 0 Å². The maximum absolute atomic E-state index is 12.1. The first kappa shape index (κ1) is 17.9. The number of ether oxygens (including phenoxy) is 1. The van der Waals surface area contributed by atoms with Crippen LogP contribution in [0, 0.1) is 0 Å². The van der Waals surface area contributed by atoms with E-state index in [2.05, 4.69) is 14.5 Å². The number of aliphatic hydroxyl groups is 2. The molecule has 3 heterocycles. The average Bonchev–Trinajstić information content (AvgIpc) is 2.79. The lowest BCUT2D eigenvalue weighted by Crippen LogP contribution is -2.36. The molecule has 1 saturated heterocycles. The number of nitrogens with zero attached hydrogens (tertiary/aromatic N) is 2. The van der Waals surface area contributed by atoms with Gasteiger partial charge in [0, 0.05) is 17.6 Å². The quantitative estimate of drug-likeness (QED) is 0.368. The topological polar surface area (TPSA) is 184 Å². The molecule has 0 amide bonds. The first-order valence-electron chi connectivity index (χ1n) is 6.99. The number of hydrogen-bond donors (Lipinski definition) is 5. The number of pyridine rings is 1. The highest BCUT2D eigenvalue weighted by molar-refractivity contribution is 7.46. The normalized spacial score (nSPS) is 27.0. The Hall–Kier alpha value is -1.92. The molecule has 0 radical (unpaired) electrons. The van der Waals surface area contributed by atoms with Gasteiger partial charge >= 0.3 is 13.5 Å². The highest BCUT2D eigenvalue weighted by Crippen LogP contribution is 2.38. The Morgan fingerprint density at radius 2 is 2.00 bits per heavy atom. The van der Waals surface area contributed by atoms with Gasteiger partial charge in [0.05, 0.1) is 6.61 Å². The average molecular weight is 375 g/mol. The number of aromatic amines is 1. The van der Waals surface area contributed by atoms with Gasteiger partial charge in [0.1, 0.15) is 24.0 Å². The zero-order valence-corrected chi connectivity index (χ0v) is 13.3. The summed E-state index contributed by atoms with van der Waals surface area (Å²) in [5.41, 5.74) is -1.26. The maximum atomic E-state index is 12.1. The van der Waals surface area contributed by atoms with Crippen LogP contribution >= 0.6 is 7.82 Å². The molecular weight excluding hydrogens is 361 g/mol. The minimum atomic E-state index is -4.79. The molecule has 25 heavy (non-hydrogen) atoms. The molecule has 1 aliphatic rings. The minimum absolute atomic E-state index is 0.0446. The standard InChI is InChI=1S/C12H14N3O9P/c16-7-2-1-5-3-15(12(19)14-10(5)13-7)11-9(18)8(17)6(24-11)4-23-25(20,21)22/h1-3,6,8-9,11,17-18H,4H2,(H2,20,21,22)(H,13,14,16,19)/t6-,8?,9+,11-/m1/s1. The van der Waals surface area contributed by atoms with Gasteiger partial charge < -0.3 is 29.7 Å². The predicted molar refractivity (Wildman–Crippen MR) is 80.5 cm³/mol. The van der Waals surface area contributed by atoms with E-state index in [0.717, 1.165) is 4.57 Å². The van der Waals surface area contributed by atoms with Crippen molar-refractivity contribution in [3.05, 3.63) is 39.2 Å². The van der Waals surface area contributed by atoms with E-state index >= 15 is 0 Å². The van der Waals surface area contributed by atoms with E-state index < -0.39 is 50.2 Å². The molecule has 0 aliphatic carbocycles. The summed E-state index contributed by atoms with van der Waals surface area (Å²) in [6.45, 7) is -0.692. The van der Waals surface area contributed by atoms with Crippen LogP contribution < -0.4 is 11.2 Å². The molecule has 1 unspecified atom stereocenters. The molecule has 12 nitrogen and oxygen atoms in total. The van der Waals surface area contributed by atoms with E-state index in [4.69, 9.17) is 14.5 Å². The Labute approximate surface area is 138 Å². The summed E-state index contributed by atoms with van der Waals surface area (Å²) in [5, 5.41) is 20.4. The van der Waals surface area contributed by atoms with E-state index in [0.29, 0.717) is 5.39 Å². The summed E-state index contributed by atoms with van der Waals surface area (Å²) >= 11 is 0. The van der Waals surface area contributed by atoms with Gasteiger partial charge in [0.15, 0.2) is 6.23 Å². The Kier molecular flexibility index (Phi) is 4.60. The molecular formula is C12H14N3O9P. The highest BCUT2D eigenvalue weighted by Gasteiger charge is 2.45. The Morgan fingerprint density at radius 1 is 1.28 bits per heavy atom. The van der Waals surface area contributed by atoms with Crippen molar-refractivity contribution in [1.29, 1.82) is 0 Å². The molecule has 4 atom stereocenters. The van der Waals surface area contributed by atoms with Crippen molar-refractivity contribution in [1.82, 2.24) is 14.5 Å². The second kappa shape index (κ2) is 6.42. The zero-order chi connectivity index (χ0) is 18.4. The molecule has 2 aromatic heterocycles. The Bertz CT molecular complexity index is 951. The van der Waals surface area contributed by atoms with E-state index in [1.165, 1.54) is 18.3 Å². The molecule has 0 spiro atoms. The molecule has 0 saturated carbocycles. The second-order valence-corrected chi connectivity index (χ2v) is 6.63. The van der Waals surface area contributed by atoms with Crippen LogP contribution in [-0.2, 0) is 13.8 Å². The van der Waals surface area contributed by atoms with Gasteiger partial charge in [-0.2, -0.15) is 4.98 Å². The van der Waals surface area contributed by atoms with Crippen molar-refractivity contribution in [2.75, 3.05) is 6.61 Å². The molecule has 136 valence electrons. The molecule has 5 N–H and O–H groups in total. The van der Waals surface area contributed by atoms with Crippen LogP contribution in [0.5, 0.6) is 0 Å². The fourth-order valence-corrected chi connectivity index (χ4v) is 2.82. The molecule has 3 rings (SSSR count). The van der Waals surface area contributed by atoms with Crippen molar-refractivity contribution in [3.63, 3.8) is 0 Å². The highest BCUT2D eigenvalue weighted by atomic mass is 31.2. The Morgan fingerprint density at radius 3 is 2.68 bits per heavy atom. The molecule has 2 aromatic rings. The summed E-state index contributed by atoms with van der Waals surface area (Å²) in [4.78, 5) is 46.8. The monoisotopic (exact) mass is 375 g/mol. The number of H-pyrrole nitrogens is 1. The van der Waals surface area contributed by atoms with E-state index in [1.807, 2.05) is 0 Å². The van der Waals surface area contributed by atoms with Crippen LogP contribution in [0.25, 0.3) is 11.0 Å². The van der Waals surface area contributed by atoms with E-state index in [-0.39, 0.29) is 5.65 Å². The van der Waals surface area contributed by atoms with Gasteiger partial charge in [-0.3, -0.25) is 13.9 Å². The third-order valence-electron chi connectivity index (χ3n) is 3.65. The SMILES string of the molecule is O=c1ccc2cn([C@@H]3O[C@H](COP(=O)(O)O)C(O)[C@@H]3O)c(=O)nc2[nH]1. The van der Waals surface area contributed by atoms with Crippen molar-refractivity contribution in [2.24, 2.45) is 0 Å². The van der Waals surface area contributed by atoms with Gasteiger partial charge in [-0.1, -0.05) is 0 Å². The second-order valence-electron chi connectivity index (χ2n) is 5.39. The number of rotatable bonds is 4. The minimum Gasteiger partial charge on any atom is -0.387 e.